The average molecular weight is 398 g/mol. The Hall–Kier alpha value is -2.77. The summed E-state index contributed by atoms with van der Waals surface area (Å²) in [7, 11) is 1.49. The normalized spacial score (nSPS) is 16.9. The standard InChI is InChI=1S/C21H22N2O4S/c1-3-27-12-11-23-20(25)19(14-15-9-10-17(24)18(13-15)26-2)28-21(23)22-16-7-5-4-6-8-16/h4-10,13-14,24H,3,11-12H2,1-2H3/b19-14+,22-21?. The quantitative estimate of drug-likeness (QED) is 0.563. The van der Waals surface area contributed by atoms with Crippen molar-refractivity contribution in [2.45, 2.75) is 6.92 Å². The summed E-state index contributed by atoms with van der Waals surface area (Å²) in [6, 6.07) is 14.5. The number of nitrogens with zero attached hydrogens (tertiary/aromatic N) is 2. The monoisotopic (exact) mass is 398 g/mol. The maximum Gasteiger partial charge on any atom is 0.266 e. The summed E-state index contributed by atoms with van der Waals surface area (Å²) >= 11 is 1.32. The molecule has 1 saturated heterocycles. The molecule has 146 valence electrons. The van der Waals surface area contributed by atoms with Crippen molar-refractivity contribution in [1.29, 1.82) is 0 Å². The molecule has 1 aliphatic rings. The zero-order valence-electron chi connectivity index (χ0n) is 15.8. The first-order valence-electron chi connectivity index (χ1n) is 8.92. The van der Waals surface area contributed by atoms with Crippen LogP contribution in [0.15, 0.2) is 58.4 Å². The van der Waals surface area contributed by atoms with Gasteiger partial charge < -0.3 is 14.6 Å². The highest BCUT2D eigenvalue weighted by Gasteiger charge is 2.33. The lowest BCUT2D eigenvalue weighted by Gasteiger charge is -2.15. The third-order valence-electron chi connectivity index (χ3n) is 4.03. The number of carbonyl (C=O) groups excluding carboxylic acids is 1. The Morgan fingerprint density at radius 1 is 1.21 bits per heavy atom. The molecule has 0 spiro atoms. The molecule has 2 aromatic rings. The number of phenols is 1. The third-order valence-corrected chi connectivity index (χ3v) is 5.04. The van der Waals surface area contributed by atoms with E-state index in [4.69, 9.17) is 9.47 Å². The van der Waals surface area contributed by atoms with E-state index in [1.54, 1.807) is 29.2 Å². The first-order valence-corrected chi connectivity index (χ1v) is 9.74. The number of phenolic OH excluding ortho intramolecular Hbond substituents is 1. The number of para-hydroxylation sites is 1. The number of amides is 1. The van der Waals surface area contributed by atoms with Gasteiger partial charge in [0, 0.05) is 6.61 Å². The van der Waals surface area contributed by atoms with Gasteiger partial charge in [0.1, 0.15) is 0 Å². The molecule has 1 aliphatic heterocycles. The van der Waals surface area contributed by atoms with E-state index in [1.165, 1.54) is 18.9 Å². The van der Waals surface area contributed by atoms with Crippen molar-refractivity contribution in [1.82, 2.24) is 4.90 Å². The molecule has 28 heavy (non-hydrogen) atoms. The molecule has 3 rings (SSSR count). The fourth-order valence-corrected chi connectivity index (χ4v) is 3.66. The van der Waals surface area contributed by atoms with Crippen LogP contribution in [0.3, 0.4) is 0 Å². The molecule has 1 amide bonds. The Morgan fingerprint density at radius 3 is 2.71 bits per heavy atom. The molecular formula is C21H22N2O4S. The number of aliphatic imine (C=N–C) groups is 1. The fraction of sp³-hybridized carbons (Fsp3) is 0.238. The second-order valence-electron chi connectivity index (χ2n) is 5.93. The molecule has 0 atom stereocenters. The van der Waals surface area contributed by atoms with Gasteiger partial charge in [0.2, 0.25) is 0 Å². The summed E-state index contributed by atoms with van der Waals surface area (Å²) in [4.78, 5) is 19.8. The summed E-state index contributed by atoms with van der Waals surface area (Å²) < 4.78 is 10.6. The van der Waals surface area contributed by atoms with Gasteiger partial charge in [-0.05, 0) is 54.6 Å². The summed E-state index contributed by atoms with van der Waals surface area (Å²) in [5.41, 5.74) is 1.54. The van der Waals surface area contributed by atoms with Crippen molar-refractivity contribution in [2.75, 3.05) is 26.9 Å². The third kappa shape index (κ3) is 4.74. The van der Waals surface area contributed by atoms with Gasteiger partial charge in [-0.25, -0.2) is 4.99 Å². The lowest BCUT2D eigenvalue weighted by atomic mass is 10.2. The summed E-state index contributed by atoms with van der Waals surface area (Å²) in [5.74, 6) is 0.294. The van der Waals surface area contributed by atoms with E-state index in [2.05, 4.69) is 4.99 Å². The Morgan fingerprint density at radius 2 is 2.00 bits per heavy atom. The van der Waals surface area contributed by atoms with Crippen molar-refractivity contribution < 1.29 is 19.4 Å². The van der Waals surface area contributed by atoms with E-state index >= 15 is 0 Å². The van der Waals surface area contributed by atoms with E-state index in [0.29, 0.717) is 35.6 Å². The van der Waals surface area contributed by atoms with Crippen molar-refractivity contribution in [3.63, 3.8) is 0 Å². The Bertz CT molecular complexity index is 897. The zero-order chi connectivity index (χ0) is 19.9. The molecule has 6 nitrogen and oxygen atoms in total. The number of rotatable bonds is 7. The van der Waals surface area contributed by atoms with Crippen LogP contribution in [0, 0.1) is 0 Å². The molecule has 0 unspecified atom stereocenters. The number of amidine groups is 1. The number of ether oxygens (including phenoxy) is 2. The molecule has 0 radical (unpaired) electrons. The number of hydrogen-bond acceptors (Lipinski definition) is 6. The zero-order valence-corrected chi connectivity index (χ0v) is 16.6. The predicted molar refractivity (Wildman–Crippen MR) is 112 cm³/mol. The molecule has 1 fully saturated rings. The van der Waals surface area contributed by atoms with Gasteiger partial charge >= 0.3 is 0 Å². The molecular weight excluding hydrogens is 376 g/mol. The largest absolute Gasteiger partial charge is 0.504 e. The predicted octanol–water partition coefficient (Wildman–Crippen LogP) is 4.04. The highest BCUT2D eigenvalue weighted by atomic mass is 32.2. The van der Waals surface area contributed by atoms with E-state index < -0.39 is 0 Å². The minimum absolute atomic E-state index is 0.0553. The SMILES string of the molecule is CCOCCN1C(=O)/C(=C\c2ccc(O)c(OC)c2)SC1=Nc1ccccc1. The van der Waals surface area contributed by atoms with Crippen LogP contribution in [-0.2, 0) is 9.53 Å². The van der Waals surface area contributed by atoms with Crippen LogP contribution >= 0.6 is 11.8 Å². The lowest BCUT2D eigenvalue weighted by Crippen LogP contribution is -2.32. The van der Waals surface area contributed by atoms with Gasteiger partial charge in [-0.3, -0.25) is 9.69 Å². The van der Waals surface area contributed by atoms with Crippen LogP contribution in [0.2, 0.25) is 0 Å². The highest BCUT2D eigenvalue weighted by molar-refractivity contribution is 8.18. The number of aromatic hydroxyl groups is 1. The first-order chi connectivity index (χ1) is 13.6. The topological polar surface area (TPSA) is 71.4 Å². The van der Waals surface area contributed by atoms with Crippen LogP contribution in [0.5, 0.6) is 11.5 Å². The molecule has 0 aliphatic carbocycles. The molecule has 0 aromatic heterocycles. The molecule has 1 N–H and O–H groups in total. The second-order valence-corrected chi connectivity index (χ2v) is 6.93. The first kappa shape index (κ1) is 20.0. The molecule has 2 aromatic carbocycles. The van der Waals surface area contributed by atoms with Gasteiger partial charge in [-0.2, -0.15) is 0 Å². The number of hydrogen-bond donors (Lipinski definition) is 1. The van der Waals surface area contributed by atoms with Crippen molar-refractivity contribution in [3.05, 3.63) is 59.0 Å². The van der Waals surface area contributed by atoms with Gasteiger partial charge in [0.15, 0.2) is 16.7 Å². The van der Waals surface area contributed by atoms with E-state index in [0.717, 1.165) is 11.3 Å². The summed E-state index contributed by atoms with van der Waals surface area (Å²) in [5, 5.41) is 10.4. The summed E-state index contributed by atoms with van der Waals surface area (Å²) in [6.45, 7) is 3.39. The molecule has 7 heteroatoms. The van der Waals surface area contributed by atoms with Crippen molar-refractivity contribution in [2.24, 2.45) is 4.99 Å². The van der Waals surface area contributed by atoms with Crippen LogP contribution in [0.4, 0.5) is 5.69 Å². The van der Waals surface area contributed by atoms with Gasteiger partial charge in [0.05, 0.1) is 30.9 Å². The average Bonchev–Trinajstić information content (AvgIpc) is 2.99. The number of carbonyl (C=O) groups is 1. The maximum absolute atomic E-state index is 12.9. The van der Waals surface area contributed by atoms with Gasteiger partial charge in [-0.1, -0.05) is 24.3 Å². The number of thioether (sulfide) groups is 1. The molecule has 0 bridgehead atoms. The van der Waals surface area contributed by atoms with Gasteiger partial charge in [-0.15, -0.1) is 0 Å². The van der Waals surface area contributed by atoms with Crippen molar-refractivity contribution in [3.8, 4) is 11.5 Å². The Balaban J connectivity index is 1.90. The van der Waals surface area contributed by atoms with Crippen LogP contribution in [0.25, 0.3) is 6.08 Å². The second kappa shape index (κ2) is 9.43. The van der Waals surface area contributed by atoms with Crippen LogP contribution in [-0.4, -0.2) is 47.9 Å². The van der Waals surface area contributed by atoms with Gasteiger partial charge in [0.25, 0.3) is 5.91 Å². The van der Waals surface area contributed by atoms with Crippen LogP contribution in [0.1, 0.15) is 12.5 Å². The van der Waals surface area contributed by atoms with E-state index in [-0.39, 0.29) is 11.7 Å². The molecule has 0 saturated carbocycles. The molecule has 1 heterocycles. The number of benzene rings is 2. The minimum Gasteiger partial charge on any atom is -0.504 e. The highest BCUT2D eigenvalue weighted by Crippen LogP contribution is 2.35. The van der Waals surface area contributed by atoms with Crippen molar-refractivity contribution >= 4 is 34.6 Å². The van der Waals surface area contributed by atoms with E-state index in [1.807, 2.05) is 37.3 Å². The lowest BCUT2D eigenvalue weighted by molar-refractivity contribution is -0.122. The fourth-order valence-electron chi connectivity index (χ4n) is 2.64. The Kier molecular flexibility index (Phi) is 6.73. The smallest absolute Gasteiger partial charge is 0.266 e. The minimum atomic E-state index is -0.119. The summed E-state index contributed by atoms with van der Waals surface area (Å²) in [6.07, 6.45) is 1.77. The maximum atomic E-state index is 12.9. The van der Waals surface area contributed by atoms with E-state index in [9.17, 15) is 9.90 Å². The van der Waals surface area contributed by atoms with Crippen LogP contribution < -0.4 is 4.74 Å². The Labute approximate surface area is 168 Å². The number of methoxy groups -OCH3 is 1.